The predicted octanol–water partition coefficient (Wildman–Crippen LogP) is 6.01. The van der Waals surface area contributed by atoms with Crippen LogP contribution in [0.15, 0.2) is 97.1 Å². The van der Waals surface area contributed by atoms with Crippen LogP contribution in [0.25, 0.3) is 0 Å². The molecule has 0 unspecified atom stereocenters. The Morgan fingerprint density at radius 1 is 0.783 bits per heavy atom. The zero-order valence-corrected chi connectivity index (χ0v) is 29.3. The summed E-state index contributed by atoms with van der Waals surface area (Å²) in [6.07, 6.45) is 5.68. The molecule has 0 aliphatic rings. The first-order chi connectivity index (χ1) is 22.2. The maximum atomic E-state index is 11.0. The van der Waals surface area contributed by atoms with E-state index in [1.165, 1.54) is 0 Å². The molecule has 8 heteroatoms. The van der Waals surface area contributed by atoms with Gasteiger partial charge in [0.25, 0.3) is 8.32 Å². The van der Waals surface area contributed by atoms with Crippen LogP contribution in [-0.4, -0.2) is 71.1 Å². The molecule has 3 aromatic rings. The van der Waals surface area contributed by atoms with Crippen LogP contribution in [0.3, 0.4) is 0 Å². The molecule has 46 heavy (non-hydrogen) atoms. The molecule has 3 rings (SSSR count). The molecule has 0 saturated heterocycles. The SMILES string of the molecule is COCO[C@H](CCCO)[C@@H](/C=C/[C@H](O)CCCCOCc1ccc(OC)cc1)O[Si](c1ccccc1)(c1ccccc1)C(C)(C)C. The quantitative estimate of drug-likeness (QED) is 0.0633. The maximum absolute atomic E-state index is 11.0. The van der Waals surface area contributed by atoms with Crippen molar-refractivity contribution in [3.05, 3.63) is 103 Å². The van der Waals surface area contributed by atoms with Crippen LogP contribution in [0.4, 0.5) is 0 Å². The molecule has 0 heterocycles. The summed E-state index contributed by atoms with van der Waals surface area (Å²) in [5.41, 5.74) is 1.10. The fraction of sp³-hybridized carbons (Fsp3) is 0.474. The second kappa shape index (κ2) is 19.7. The van der Waals surface area contributed by atoms with E-state index in [0.717, 1.165) is 34.5 Å². The average molecular weight is 651 g/mol. The number of hydrogen-bond donors (Lipinski definition) is 2. The third kappa shape index (κ3) is 11.2. The summed E-state index contributed by atoms with van der Waals surface area (Å²) in [5.74, 6) is 0.829. The fourth-order valence-corrected chi connectivity index (χ4v) is 10.4. The van der Waals surface area contributed by atoms with Crippen molar-refractivity contribution in [2.24, 2.45) is 0 Å². The van der Waals surface area contributed by atoms with Crippen molar-refractivity contribution in [2.75, 3.05) is 34.2 Å². The molecule has 0 radical (unpaired) electrons. The Labute approximate surface area is 277 Å². The Hall–Kier alpha value is -2.82. The maximum Gasteiger partial charge on any atom is 0.262 e. The molecule has 0 aromatic heterocycles. The monoisotopic (exact) mass is 650 g/mol. The molecule has 3 aromatic carbocycles. The summed E-state index contributed by atoms with van der Waals surface area (Å²) < 4.78 is 30.0. The van der Waals surface area contributed by atoms with Crippen LogP contribution in [0, 0.1) is 0 Å². The molecule has 0 bridgehead atoms. The first kappa shape index (κ1) is 37.6. The number of unbranched alkanes of at least 4 members (excludes halogenated alkanes) is 1. The van der Waals surface area contributed by atoms with Crippen LogP contribution in [-0.2, 0) is 25.2 Å². The normalized spacial score (nSPS) is 14.3. The second-order valence-electron chi connectivity index (χ2n) is 12.6. The van der Waals surface area contributed by atoms with Crippen LogP contribution in [0.1, 0.15) is 58.4 Å². The highest BCUT2D eigenvalue weighted by atomic mass is 28.4. The zero-order chi connectivity index (χ0) is 33.3. The Morgan fingerprint density at radius 2 is 1.41 bits per heavy atom. The molecule has 0 saturated carbocycles. The number of benzene rings is 3. The Kier molecular flexibility index (Phi) is 16.2. The van der Waals surface area contributed by atoms with Crippen LogP contribution < -0.4 is 15.1 Å². The van der Waals surface area contributed by atoms with E-state index in [1.807, 2.05) is 48.6 Å². The molecule has 0 amide bonds. The molecule has 7 nitrogen and oxygen atoms in total. The minimum atomic E-state index is -2.94. The third-order valence-electron chi connectivity index (χ3n) is 8.13. The Morgan fingerprint density at radius 3 is 1.96 bits per heavy atom. The highest BCUT2D eigenvalue weighted by Crippen LogP contribution is 2.38. The van der Waals surface area contributed by atoms with E-state index in [1.54, 1.807) is 14.2 Å². The summed E-state index contributed by atoms with van der Waals surface area (Å²) in [5, 5.41) is 22.8. The van der Waals surface area contributed by atoms with Gasteiger partial charge in [0.05, 0.1) is 32.0 Å². The van der Waals surface area contributed by atoms with Gasteiger partial charge in [-0.05, 0) is 65.2 Å². The highest BCUT2D eigenvalue weighted by Gasteiger charge is 2.52. The predicted molar refractivity (Wildman–Crippen MR) is 187 cm³/mol. The van der Waals surface area contributed by atoms with E-state index in [-0.39, 0.29) is 24.5 Å². The lowest BCUT2D eigenvalue weighted by atomic mass is 10.1. The van der Waals surface area contributed by atoms with Gasteiger partial charge in [0.15, 0.2) is 0 Å². The topological polar surface area (TPSA) is 86.6 Å². The number of aliphatic hydroxyl groups excluding tert-OH is 2. The van der Waals surface area contributed by atoms with Gasteiger partial charge in [0, 0.05) is 20.3 Å². The van der Waals surface area contributed by atoms with Crippen molar-refractivity contribution < 1.29 is 33.6 Å². The summed E-state index contributed by atoms with van der Waals surface area (Å²) in [6, 6.07) is 28.8. The van der Waals surface area contributed by atoms with E-state index < -0.39 is 20.5 Å². The lowest BCUT2D eigenvalue weighted by Crippen LogP contribution is -2.68. The van der Waals surface area contributed by atoms with E-state index >= 15 is 0 Å². The number of hydrogen-bond acceptors (Lipinski definition) is 7. The smallest absolute Gasteiger partial charge is 0.262 e. The van der Waals surface area contributed by atoms with Crippen molar-refractivity contribution in [3.8, 4) is 5.75 Å². The summed E-state index contributed by atoms with van der Waals surface area (Å²) in [4.78, 5) is 0. The molecule has 252 valence electrons. The van der Waals surface area contributed by atoms with Gasteiger partial charge in [0.2, 0.25) is 0 Å². The summed E-state index contributed by atoms with van der Waals surface area (Å²) >= 11 is 0. The minimum absolute atomic E-state index is 0.0473. The van der Waals surface area contributed by atoms with Gasteiger partial charge < -0.3 is 33.6 Å². The van der Waals surface area contributed by atoms with Crippen molar-refractivity contribution >= 4 is 18.7 Å². The third-order valence-corrected chi connectivity index (χ3v) is 13.2. The summed E-state index contributed by atoms with van der Waals surface area (Å²) in [7, 11) is 0.316. The lowest BCUT2D eigenvalue weighted by Gasteiger charge is -2.46. The van der Waals surface area contributed by atoms with Gasteiger partial charge in [-0.15, -0.1) is 0 Å². The van der Waals surface area contributed by atoms with Crippen molar-refractivity contribution in [2.45, 2.75) is 82.8 Å². The second-order valence-corrected chi connectivity index (χ2v) is 16.8. The zero-order valence-electron chi connectivity index (χ0n) is 28.3. The molecule has 0 aliphatic carbocycles. The fourth-order valence-electron chi connectivity index (χ4n) is 5.73. The van der Waals surface area contributed by atoms with Gasteiger partial charge >= 0.3 is 0 Å². The molecule has 2 N–H and O–H groups in total. The minimum Gasteiger partial charge on any atom is -0.497 e. The largest absolute Gasteiger partial charge is 0.497 e. The van der Waals surface area contributed by atoms with Crippen LogP contribution >= 0.6 is 0 Å². The van der Waals surface area contributed by atoms with Crippen LogP contribution in [0.2, 0.25) is 5.04 Å². The van der Waals surface area contributed by atoms with Crippen molar-refractivity contribution in [1.82, 2.24) is 0 Å². The number of methoxy groups -OCH3 is 2. The number of rotatable bonds is 21. The van der Waals surface area contributed by atoms with Crippen LogP contribution in [0.5, 0.6) is 5.75 Å². The average Bonchev–Trinajstić information content (AvgIpc) is 3.07. The van der Waals surface area contributed by atoms with Gasteiger partial charge in [-0.3, -0.25) is 0 Å². The van der Waals surface area contributed by atoms with E-state index in [4.69, 9.17) is 23.4 Å². The Balaban J connectivity index is 1.79. The molecule has 0 spiro atoms. The number of aliphatic hydroxyl groups is 2. The first-order valence-corrected chi connectivity index (χ1v) is 18.2. The van der Waals surface area contributed by atoms with Gasteiger partial charge in [-0.25, -0.2) is 0 Å². The molecule has 0 aliphatic heterocycles. The molecular formula is C38H54O7Si. The van der Waals surface area contributed by atoms with E-state index in [0.29, 0.717) is 32.5 Å². The lowest BCUT2D eigenvalue weighted by molar-refractivity contribution is -0.102. The number of ether oxygens (including phenoxy) is 4. The molecule has 0 fully saturated rings. The standard InChI is InChI=1S/C38H54O7Si/c1-38(2,3)46(34-16-8-6-9-17-34,35-18-10-7-11-19-35)45-37(36(20-14-27-39)44-30-41-4)26-23-32(40)15-12-13-28-43-29-31-21-24-33(42-5)25-22-31/h6-11,16-19,21-26,32,36-37,39-40H,12-15,20,27-30H2,1-5H3/b26-23+/t32-,36-,37-/m1/s1. The van der Waals surface area contributed by atoms with Gasteiger partial charge in [-0.2, -0.15) is 0 Å². The van der Waals surface area contributed by atoms with E-state index in [9.17, 15) is 10.2 Å². The molecular weight excluding hydrogens is 596 g/mol. The van der Waals surface area contributed by atoms with E-state index in [2.05, 4.69) is 69.3 Å². The first-order valence-electron chi connectivity index (χ1n) is 16.3. The van der Waals surface area contributed by atoms with Gasteiger partial charge in [-0.1, -0.05) is 106 Å². The Bertz CT molecular complexity index is 1200. The molecule has 3 atom stereocenters. The van der Waals surface area contributed by atoms with Gasteiger partial charge in [0.1, 0.15) is 12.5 Å². The highest BCUT2D eigenvalue weighted by molar-refractivity contribution is 6.99. The van der Waals surface area contributed by atoms with Crippen molar-refractivity contribution in [3.63, 3.8) is 0 Å². The summed E-state index contributed by atoms with van der Waals surface area (Å²) in [6.45, 7) is 8.04. The van der Waals surface area contributed by atoms with Crippen molar-refractivity contribution in [1.29, 1.82) is 0 Å².